The maximum Gasteiger partial charge on any atom is 0.224 e. The van der Waals surface area contributed by atoms with Crippen LogP contribution in [0.25, 0.3) is 0 Å². The third-order valence-corrected chi connectivity index (χ3v) is 2.58. The molecular weight excluding hydrogens is 255 g/mol. The number of aryl methyl sites for hydroxylation is 1. The van der Waals surface area contributed by atoms with E-state index in [1.54, 1.807) is 19.2 Å². The summed E-state index contributed by atoms with van der Waals surface area (Å²) in [7, 11) is 1.74. The first-order valence-electron chi connectivity index (χ1n) is 5.34. The van der Waals surface area contributed by atoms with Crippen molar-refractivity contribution in [1.29, 1.82) is 0 Å². The first kappa shape index (κ1) is 12.6. The molecule has 0 aliphatic heterocycles. The molecule has 1 heterocycles. The topological polar surface area (TPSA) is 49.8 Å². The van der Waals surface area contributed by atoms with E-state index in [1.165, 1.54) is 12.1 Å². The molecule has 0 fully saturated rings. The van der Waals surface area contributed by atoms with Crippen LogP contribution in [-0.4, -0.2) is 17.0 Å². The van der Waals surface area contributed by atoms with Crippen LogP contribution in [0, 0.1) is 12.7 Å². The SMILES string of the molecule is CNc1nc(C)cc(Nc2ccc(F)cc2Cl)n1. The van der Waals surface area contributed by atoms with E-state index in [0.717, 1.165) is 5.69 Å². The highest BCUT2D eigenvalue weighted by atomic mass is 35.5. The zero-order chi connectivity index (χ0) is 13.1. The van der Waals surface area contributed by atoms with Crippen molar-refractivity contribution >= 4 is 29.1 Å². The van der Waals surface area contributed by atoms with Gasteiger partial charge in [-0.25, -0.2) is 9.37 Å². The highest BCUT2D eigenvalue weighted by Gasteiger charge is 2.05. The molecule has 0 saturated heterocycles. The second-order valence-electron chi connectivity index (χ2n) is 3.72. The van der Waals surface area contributed by atoms with Crippen LogP contribution in [0.4, 0.5) is 21.8 Å². The molecule has 2 N–H and O–H groups in total. The first-order valence-corrected chi connectivity index (χ1v) is 5.72. The lowest BCUT2D eigenvalue weighted by Crippen LogP contribution is -2.02. The minimum Gasteiger partial charge on any atom is -0.357 e. The van der Waals surface area contributed by atoms with Gasteiger partial charge in [-0.3, -0.25) is 0 Å². The summed E-state index contributed by atoms with van der Waals surface area (Å²) in [5, 5.41) is 6.19. The quantitative estimate of drug-likeness (QED) is 0.894. The maximum atomic E-state index is 12.9. The van der Waals surface area contributed by atoms with Gasteiger partial charge < -0.3 is 10.6 Å². The Kier molecular flexibility index (Phi) is 3.62. The summed E-state index contributed by atoms with van der Waals surface area (Å²) >= 11 is 5.93. The number of aromatic nitrogens is 2. The van der Waals surface area contributed by atoms with Crippen molar-refractivity contribution in [3.63, 3.8) is 0 Å². The highest BCUT2D eigenvalue weighted by molar-refractivity contribution is 6.33. The van der Waals surface area contributed by atoms with Crippen molar-refractivity contribution in [2.24, 2.45) is 0 Å². The van der Waals surface area contributed by atoms with Crippen molar-refractivity contribution in [2.75, 3.05) is 17.7 Å². The van der Waals surface area contributed by atoms with E-state index in [4.69, 9.17) is 11.6 Å². The van der Waals surface area contributed by atoms with Gasteiger partial charge in [0.1, 0.15) is 11.6 Å². The second-order valence-corrected chi connectivity index (χ2v) is 4.12. The number of hydrogen-bond donors (Lipinski definition) is 2. The number of anilines is 3. The van der Waals surface area contributed by atoms with Gasteiger partial charge in [-0.15, -0.1) is 0 Å². The Morgan fingerprint density at radius 1 is 1.22 bits per heavy atom. The molecule has 94 valence electrons. The summed E-state index contributed by atoms with van der Waals surface area (Å²) in [6.07, 6.45) is 0. The van der Waals surface area contributed by atoms with Gasteiger partial charge in [-0.1, -0.05) is 11.6 Å². The number of nitrogens with one attached hydrogen (secondary N) is 2. The van der Waals surface area contributed by atoms with Crippen LogP contribution in [0.5, 0.6) is 0 Å². The zero-order valence-electron chi connectivity index (χ0n) is 9.96. The van der Waals surface area contributed by atoms with Gasteiger partial charge in [-0.05, 0) is 25.1 Å². The summed E-state index contributed by atoms with van der Waals surface area (Å²) in [6.45, 7) is 1.86. The molecule has 0 saturated carbocycles. The van der Waals surface area contributed by atoms with Crippen LogP contribution in [0.3, 0.4) is 0 Å². The summed E-state index contributed by atoms with van der Waals surface area (Å²) in [5.74, 6) is 0.733. The van der Waals surface area contributed by atoms with E-state index < -0.39 is 0 Å². The Bertz CT molecular complexity index is 574. The van der Waals surface area contributed by atoms with Gasteiger partial charge in [0.25, 0.3) is 0 Å². The minimum absolute atomic E-state index is 0.303. The third kappa shape index (κ3) is 2.87. The van der Waals surface area contributed by atoms with E-state index in [0.29, 0.717) is 22.5 Å². The highest BCUT2D eigenvalue weighted by Crippen LogP contribution is 2.25. The van der Waals surface area contributed by atoms with Crippen molar-refractivity contribution < 1.29 is 4.39 Å². The third-order valence-electron chi connectivity index (χ3n) is 2.27. The molecule has 2 rings (SSSR count). The molecule has 0 atom stereocenters. The Hall–Kier alpha value is -1.88. The van der Waals surface area contributed by atoms with Gasteiger partial charge in [0, 0.05) is 18.8 Å². The fourth-order valence-electron chi connectivity index (χ4n) is 1.47. The van der Waals surface area contributed by atoms with Gasteiger partial charge in [0.15, 0.2) is 0 Å². The number of nitrogens with zero attached hydrogens (tertiary/aromatic N) is 2. The lowest BCUT2D eigenvalue weighted by molar-refractivity contribution is 0.628. The molecule has 0 spiro atoms. The minimum atomic E-state index is -0.375. The lowest BCUT2D eigenvalue weighted by Gasteiger charge is -2.09. The molecule has 0 aliphatic rings. The van der Waals surface area contributed by atoms with Crippen LogP contribution in [0.2, 0.25) is 5.02 Å². The molecule has 0 unspecified atom stereocenters. The average molecular weight is 267 g/mol. The number of benzene rings is 1. The molecule has 4 nitrogen and oxygen atoms in total. The zero-order valence-corrected chi connectivity index (χ0v) is 10.7. The molecule has 6 heteroatoms. The van der Waals surface area contributed by atoms with E-state index in [2.05, 4.69) is 20.6 Å². The largest absolute Gasteiger partial charge is 0.357 e. The van der Waals surface area contributed by atoms with Crippen molar-refractivity contribution in [3.8, 4) is 0 Å². The standard InChI is InChI=1S/C12H12ClFN4/c1-7-5-11(18-12(15-2)16-7)17-10-4-3-8(14)6-9(10)13/h3-6H,1-2H3,(H2,15,16,17,18). The summed E-state index contributed by atoms with van der Waals surface area (Å²) in [5.41, 5.74) is 1.41. The molecule has 18 heavy (non-hydrogen) atoms. The first-order chi connectivity index (χ1) is 8.58. The van der Waals surface area contributed by atoms with Crippen molar-refractivity contribution in [2.45, 2.75) is 6.92 Å². The molecule has 2 aromatic rings. The Balaban J connectivity index is 2.30. The summed E-state index contributed by atoms with van der Waals surface area (Å²) in [6, 6.07) is 5.92. The fourth-order valence-corrected chi connectivity index (χ4v) is 1.69. The monoisotopic (exact) mass is 266 g/mol. The number of halogens is 2. The number of rotatable bonds is 3. The second kappa shape index (κ2) is 5.18. The molecule has 0 bridgehead atoms. The van der Waals surface area contributed by atoms with Gasteiger partial charge in [0.2, 0.25) is 5.95 Å². The van der Waals surface area contributed by atoms with Crippen LogP contribution < -0.4 is 10.6 Å². The molecule has 1 aromatic carbocycles. The molecule has 0 amide bonds. The van der Waals surface area contributed by atoms with E-state index in [9.17, 15) is 4.39 Å². The van der Waals surface area contributed by atoms with E-state index in [-0.39, 0.29) is 5.82 Å². The van der Waals surface area contributed by atoms with Crippen molar-refractivity contribution in [1.82, 2.24) is 9.97 Å². The van der Waals surface area contributed by atoms with Crippen LogP contribution in [-0.2, 0) is 0 Å². The molecule has 0 aliphatic carbocycles. The maximum absolute atomic E-state index is 12.9. The van der Waals surface area contributed by atoms with E-state index >= 15 is 0 Å². The lowest BCUT2D eigenvalue weighted by atomic mass is 10.3. The summed E-state index contributed by atoms with van der Waals surface area (Å²) in [4.78, 5) is 8.40. The Morgan fingerprint density at radius 2 is 2.00 bits per heavy atom. The predicted octanol–water partition coefficient (Wildman–Crippen LogP) is 3.36. The Labute approximate surface area is 109 Å². The van der Waals surface area contributed by atoms with Gasteiger partial charge in [-0.2, -0.15) is 4.98 Å². The normalized spacial score (nSPS) is 10.2. The van der Waals surface area contributed by atoms with Crippen molar-refractivity contribution in [3.05, 3.63) is 40.8 Å². The summed E-state index contributed by atoms with van der Waals surface area (Å²) < 4.78 is 12.9. The van der Waals surface area contributed by atoms with E-state index in [1.807, 2.05) is 6.92 Å². The smallest absolute Gasteiger partial charge is 0.224 e. The molecule has 1 aromatic heterocycles. The fraction of sp³-hybridized carbons (Fsp3) is 0.167. The van der Waals surface area contributed by atoms with Gasteiger partial charge in [0.05, 0.1) is 10.7 Å². The Morgan fingerprint density at radius 3 is 2.67 bits per heavy atom. The van der Waals surface area contributed by atoms with Crippen LogP contribution in [0.1, 0.15) is 5.69 Å². The number of hydrogen-bond acceptors (Lipinski definition) is 4. The van der Waals surface area contributed by atoms with Crippen LogP contribution in [0.15, 0.2) is 24.3 Å². The van der Waals surface area contributed by atoms with Crippen LogP contribution >= 0.6 is 11.6 Å². The van der Waals surface area contributed by atoms with Gasteiger partial charge >= 0.3 is 0 Å². The molecular formula is C12H12ClFN4. The molecule has 0 radical (unpaired) electrons. The average Bonchev–Trinajstić information content (AvgIpc) is 2.32. The predicted molar refractivity (Wildman–Crippen MR) is 71.0 cm³/mol.